The monoisotopic (exact) mass is 289 g/mol. The summed E-state index contributed by atoms with van der Waals surface area (Å²) in [5.41, 5.74) is 0. The van der Waals surface area contributed by atoms with Gasteiger partial charge in [0.15, 0.2) is 0 Å². The molecule has 5 nitrogen and oxygen atoms in total. The molecule has 2 aliphatic rings. The Labute approximate surface area is 117 Å². The molecule has 2 saturated heterocycles. The fourth-order valence-corrected chi connectivity index (χ4v) is 4.67. The van der Waals surface area contributed by atoms with Crippen molar-refractivity contribution < 1.29 is 8.42 Å². The minimum absolute atomic E-state index is 0.305. The number of piperidine rings is 1. The standard InChI is InChI=1S/C13H27N3O2S/c1-3-15-7-4-5-13(10-15)11-16-8-6-14-9-12(2)19(16,17)18/h12-14H,3-11H2,1-2H3. The minimum atomic E-state index is -3.11. The molecule has 0 amide bonds. The fraction of sp³-hybridized carbons (Fsp3) is 1.00. The molecular formula is C13H27N3O2S. The molecule has 6 heteroatoms. The molecule has 2 heterocycles. The second-order valence-electron chi connectivity index (χ2n) is 5.82. The maximum absolute atomic E-state index is 12.4. The molecule has 0 bridgehead atoms. The first-order valence-electron chi connectivity index (χ1n) is 7.46. The van der Waals surface area contributed by atoms with Crippen LogP contribution in [-0.2, 0) is 10.0 Å². The maximum Gasteiger partial charge on any atom is 0.218 e. The molecule has 2 fully saturated rings. The number of nitrogens with one attached hydrogen (secondary N) is 1. The van der Waals surface area contributed by atoms with Crippen molar-refractivity contribution in [1.29, 1.82) is 0 Å². The lowest BCUT2D eigenvalue weighted by Crippen LogP contribution is -2.45. The van der Waals surface area contributed by atoms with Crippen LogP contribution < -0.4 is 5.32 Å². The van der Waals surface area contributed by atoms with Crippen LogP contribution >= 0.6 is 0 Å². The highest BCUT2D eigenvalue weighted by Gasteiger charge is 2.33. The van der Waals surface area contributed by atoms with Crippen LogP contribution in [0.1, 0.15) is 26.7 Å². The summed E-state index contributed by atoms with van der Waals surface area (Å²) in [4.78, 5) is 2.43. The first kappa shape index (κ1) is 15.2. The Balaban J connectivity index is 2.00. The van der Waals surface area contributed by atoms with Crippen LogP contribution in [0.5, 0.6) is 0 Å². The summed E-state index contributed by atoms with van der Waals surface area (Å²) >= 11 is 0. The Morgan fingerprint density at radius 1 is 1.32 bits per heavy atom. The lowest BCUT2D eigenvalue weighted by molar-refractivity contribution is 0.164. The van der Waals surface area contributed by atoms with Crippen molar-refractivity contribution in [2.24, 2.45) is 5.92 Å². The molecular weight excluding hydrogens is 262 g/mol. The molecule has 0 aliphatic carbocycles. The Hall–Kier alpha value is -0.170. The van der Waals surface area contributed by atoms with Gasteiger partial charge in [-0.3, -0.25) is 0 Å². The van der Waals surface area contributed by atoms with Crippen LogP contribution in [0.15, 0.2) is 0 Å². The van der Waals surface area contributed by atoms with Crippen molar-refractivity contribution in [2.75, 3.05) is 45.8 Å². The van der Waals surface area contributed by atoms with Crippen LogP contribution in [0, 0.1) is 5.92 Å². The molecule has 2 aliphatic heterocycles. The van der Waals surface area contributed by atoms with E-state index < -0.39 is 10.0 Å². The smallest absolute Gasteiger partial charge is 0.218 e. The topological polar surface area (TPSA) is 52.6 Å². The van der Waals surface area contributed by atoms with E-state index in [-0.39, 0.29) is 5.25 Å². The van der Waals surface area contributed by atoms with E-state index in [1.807, 2.05) is 0 Å². The summed E-state index contributed by atoms with van der Waals surface area (Å²) in [6.45, 7) is 9.93. The van der Waals surface area contributed by atoms with E-state index >= 15 is 0 Å². The summed E-state index contributed by atoms with van der Waals surface area (Å²) in [5, 5.41) is 2.90. The normalized spacial score (nSPS) is 34.0. The van der Waals surface area contributed by atoms with Crippen molar-refractivity contribution in [3.63, 3.8) is 0 Å². The van der Waals surface area contributed by atoms with Gasteiger partial charge in [0.05, 0.1) is 5.25 Å². The lowest BCUT2D eigenvalue weighted by Gasteiger charge is -2.34. The zero-order valence-electron chi connectivity index (χ0n) is 12.1. The molecule has 2 atom stereocenters. The van der Waals surface area contributed by atoms with E-state index in [0.717, 1.165) is 32.6 Å². The number of likely N-dealkylation sites (tertiary alicyclic amines) is 1. The highest BCUT2D eigenvalue weighted by Crippen LogP contribution is 2.20. The van der Waals surface area contributed by atoms with E-state index in [2.05, 4.69) is 17.1 Å². The van der Waals surface area contributed by atoms with Gasteiger partial charge in [-0.1, -0.05) is 6.92 Å². The van der Waals surface area contributed by atoms with Gasteiger partial charge in [0.2, 0.25) is 10.0 Å². The summed E-state index contributed by atoms with van der Waals surface area (Å²) in [6.07, 6.45) is 2.35. The van der Waals surface area contributed by atoms with Crippen LogP contribution in [0.25, 0.3) is 0 Å². The highest BCUT2D eigenvalue weighted by atomic mass is 32.2. The molecule has 0 aromatic heterocycles. The predicted molar refractivity (Wildman–Crippen MR) is 77.7 cm³/mol. The Kier molecular flexibility index (Phi) is 5.22. The Bertz CT molecular complexity index is 385. The van der Waals surface area contributed by atoms with E-state index in [1.165, 1.54) is 6.42 Å². The Morgan fingerprint density at radius 3 is 2.84 bits per heavy atom. The van der Waals surface area contributed by atoms with Gasteiger partial charge >= 0.3 is 0 Å². The van der Waals surface area contributed by atoms with Crippen molar-refractivity contribution in [1.82, 2.24) is 14.5 Å². The second-order valence-corrected chi connectivity index (χ2v) is 8.17. The average molecular weight is 289 g/mol. The quantitative estimate of drug-likeness (QED) is 0.814. The fourth-order valence-electron chi connectivity index (χ4n) is 3.07. The largest absolute Gasteiger partial charge is 0.314 e. The van der Waals surface area contributed by atoms with Gasteiger partial charge in [-0.05, 0) is 38.8 Å². The zero-order valence-corrected chi connectivity index (χ0v) is 13.0. The Morgan fingerprint density at radius 2 is 2.11 bits per heavy atom. The van der Waals surface area contributed by atoms with Crippen LogP contribution in [-0.4, -0.2) is 68.7 Å². The minimum Gasteiger partial charge on any atom is -0.314 e. The van der Waals surface area contributed by atoms with Crippen molar-refractivity contribution >= 4 is 10.0 Å². The van der Waals surface area contributed by atoms with Crippen LogP contribution in [0.2, 0.25) is 0 Å². The number of sulfonamides is 1. The molecule has 0 aromatic carbocycles. The molecule has 0 radical (unpaired) electrons. The third-order valence-electron chi connectivity index (χ3n) is 4.35. The van der Waals surface area contributed by atoms with Crippen molar-refractivity contribution in [3.05, 3.63) is 0 Å². The van der Waals surface area contributed by atoms with E-state index in [1.54, 1.807) is 11.2 Å². The summed E-state index contributed by atoms with van der Waals surface area (Å²) in [7, 11) is -3.11. The number of hydrogen-bond donors (Lipinski definition) is 1. The SMILES string of the molecule is CCN1CCCC(CN2CCNCC(C)S2(=O)=O)C1. The molecule has 0 aromatic rings. The summed E-state index contributed by atoms with van der Waals surface area (Å²) < 4.78 is 26.6. The van der Waals surface area contributed by atoms with Gasteiger partial charge in [-0.15, -0.1) is 0 Å². The number of nitrogens with zero attached hydrogens (tertiary/aromatic N) is 2. The molecule has 19 heavy (non-hydrogen) atoms. The van der Waals surface area contributed by atoms with Gasteiger partial charge in [0, 0.05) is 32.7 Å². The first-order valence-corrected chi connectivity index (χ1v) is 8.96. The second kappa shape index (κ2) is 6.52. The van der Waals surface area contributed by atoms with Gasteiger partial charge < -0.3 is 10.2 Å². The molecule has 0 spiro atoms. The van der Waals surface area contributed by atoms with Crippen LogP contribution in [0.3, 0.4) is 0 Å². The van der Waals surface area contributed by atoms with Gasteiger partial charge in [0.1, 0.15) is 0 Å². The molecule has 112 valence electrons. The lowest BCUT2D eigenvalue weighted by atomic mass is 9.98. The number of rotatable bonds is 3. The van der Waals surface area contributed by atoms with E-state index in [9.17, 15) is 8.42 Å². The zero-order chi connectivity index (χ0) is 13.9. The van der Waals surface area contributed by atoms with Gasteiger partial charge in [-0.2, -0.15) is 0 Å². The van der Waals surface area contributed by atoms with Gasteiger partial charge in [-0.25, -0.2) is 12.7 Å². The molecule has 2 unspecified atom stereocenters. The van der Waals surface area contributed by atoms with Crippen molar-refractivity contribution in [2.45, 2.75) is 31.9 Å². The summed E-state index contributed by atoms with van der Waals surface area (Å²) in [5.74, 6) is 0.494. The number of hydrogen-bond acceptors (Lipinski definition) is 4. The molecule has 1 N–H and O–H groups in total. The molecule has 2 rings (SSSR count). The van der Waals surface area contributed by atoms with E-state index in [0.29, 0.717) is 25.6 Å². The van der Waals surface area contributed by atoms with E-state index in [4.69, 9.17) is 0 Å². The average Bonchev–Trinajstić information content (AvgIpc) is 2.52. The van der Waals surface area contributed by atoms with Gasteiger partial charge in [0.25, 0.3) is 0 Å². The first-order chi connectivity index (χ1) is 9.04. The third kappa shape index (κ3) is 3.68. The molecule has 0 saturated carbocycles. The predicted octanol–water partition coefficient (Wildman–Crippen LogP) is 0.342. The maximum atomic E-state index is 12.4. The third-order valence-corrected chi connectivity index (χ3v) is 6.59. The van der Waals surface area contributed by atoms with Crippen LogP contribution in [0.4, 0.5) is 0 Å². The highest BCUT2D eigenvalue weighted by molar-refractivity contribution is 7.89. The van der Waals surface area contributed by atoms with Crippen molar-refractivity contribution in [3.8, 4) is 0 Å². The summed E-state index contributed by atoms with van der Waals surface area (Å²) in [6, 6.07) is 0.